The molecule has 0 saturated carbocycles. The van der Waals surface area contributed by atoms with Crippen molar-refractivity contribution in [1.29, 1.82) is 0 Å². The molecule has 0 aliphatic carbocycles. The summed E-state index contributed by atoms with van der Waals surface area (Å²) in [5.41, 5.74) is -0.244. The fraction of sp³-hybridized carbons (Fsp3) is 0.0769. The summed E-state index contributed by atoms with van der Waals surface area (Å²) in [7, 11) is 1.45. The van der Waals surface area contributed by atoms with Gasteiger partial charge in [-0.05, 0) is 23.6 Å². The van der Waals surface area contributed by atoms with Crippen LogP contribution in [0.2, 0.25) is 0 Å². The van der Waals surface area contributed by atoms with Crippen LogP contribution in [0.5, 0.6) is 11.5 Å². The predicted molar refractivity (Wildman–Crippen MR) is 73.9 cm³/mol. The van der Waals surface area contributed by atoms with Crippen molar-refractivity contribution < 1.29 is 24.5 Å². The van der Waals surface area contributed by atoms with Crippen molar-refractivity contribution in [3.05, 3.63) is 40.1 Å². The average molecular weight is 293 g/mol. The Morgan fingerprint density at radius 2 is 2.05 bits per heavy atom. The van der Waals surface area contributed by atoms with Crippen LogP contribution in [-0.4, -0.2) is 29.2 Å². The fourth-order valence-electron chi connectivity index (χ4n) is 1.62. The number of methoxy groups -OCH3 is 1. The third-order valence-corrected chi connectivity index (χ3v) is 3.46. The molecule has 1 amide bonds. The molecule has 6 nitrogen and oxygen atoms in total. The number of amides is 1. The van der Waals surface area contributed by atoms with Crippen LogP contribution >= 0.6 is 11.3 Å². The number of hydrogen-bond donors (Lipinski definition) is 3. The quantitative estimate of drug-likeness (QED) is 0.752. The summed E-state index contributed by atoms with van der Waals surface area (Å²) in [5.74, 6) is -1.81. The molecule has 0 fully saturated rings. The molecule has 1 aromatic heterocycles. The molecule has 0 unspecified atom stereocenters. The number of thiophene rings is 1. The standard InChI is InChI=1S/C13H11NO5S/c1-19-9-5-6-20-11(9)12(16)14-8-4-2-3-7(10(8)15)13(17)18/h2-6,15H,1H3,(H,14,16)(H,17,18). The Hall–Kier alpha value is -2.54. The predicted octanol–water partition coefficient (Wildman–Crippen LogP) is 2.41. The molecule has 104 valence electrons. The van der Waals surface area contributed by atoms with Gasteiger partial charge in [-0.25, -0.2) is 4.79 Å². The van der Waals surface area contributed by atoms with Gasteiger partial charge in [0.25, 0.3) is 5.91 Å². The van der Waals surface area contributed by atoms with Crippen LogP contribution in [-0.2, 0) is 0 Å². The van der Waals surface area contributed by atoms with E-state index in [-0.39, 0.29) is 11.3 Å². The number of ether oxygens (including phenoxy) is 1. The summed E-state index contributed by atoms with van der Waals surface area (Å²) in [4.78, 5) is 23.3. The lowest BCUT2D eigenvalue weighted by atomic mass is 10.1. The third-order valence-electron chi connectivity index (χ3n) is 2.57. The number of carboxylic acids is 1. The average Bonchev–Trinajstić information content (AvgIpc) is 2.89. The molecule has 0 atom stereocenters. The molecule has 0 spiro atoms. The van der Waals surface area contributed by atoms with E-state index in [9.17, 15) is 14.7 Å². The topological polar surface area (TPSA) is 95.9 Å². The summed E-state index contributed by atoms with van der Waals surface area (Å²) in [6.07, 6.45) is 0. The fourth-order valence-corrected chi connectivity index (χ4v) is 2.37. The van der Waals surface area contributed by atoms with Gasteiger partial charge in [0.2, 0.25) is 0 Å². The molecule has 2 rings (SSSR count). The van der Waals surface area contributed by atoms with Gasteiger partial charge >= 0.3 is 5.97 Å². The molecule has 20 heavy (non-hydrogen) atoms. The molecule has 0 saturated heterocycles. The third kappa shape index (κ3) is 2.57. The van der Waals surface area contributed by atoms with Crippen molar-refractivity contribution in [2.45, 2.75) is 0 Å². The van der Waals surface area contributed by atoms with E-state index in [1.54, 1.807) is 11.4 Å². The molecule has 0 aliphatic rings. The molecular formula is C13H11NO5S. The van der Waals surface area contributed by atoms with Gasteiger partial charge in [-0.1, -0.05) is 6.07 Å². The van der Waals surface area contributed by atoms with Gasteiger partial charge < -0.3 is 20.3 Å². The van der Waals surface area contributed by atoms with Crippen LogP contribution in [0.3, 0.4) is 0 Å². The van der Waals surface area contributed by atoms with Gasteiger partial charge in [-0.3, -0.25) is 4.79 Å². The van der Waals surface area contributed by atoms with Gasteiger partial charge in [-0.2, -0.15) is 0 Å². The van der Waals surface area contributed by atoms with Crippen molar-refractivity contribution in [2.75, 3.05) is 12.4 Å². The second-order valence-corrected chi connectivity index (χ2v) is 4.70. The van der Waals surface area contributed by atoms with Gasteiger partial charge in [0.1, 0.15) is 16.2 Å². The van der Waals surface area contributed by atoms with E-state index in [1.807, 2.05) is 0 Å². The van der Waals surface area contributed by atoms with Crippen molar-refractivity contribution in [1.82, 2.24) is 0 Å². The highest BCUT2D eigenvalue weighted by Gasteiger charge is 2.18. The van der Waals surface area contributed by atoms with Crippen molar-refractivity contribution >= 4 is 28.9 Å². The summed E-state index contributed by atoms with van der Waals surface area (Å²) in [5, 5.41) is 22.9. The van der Waals surface area contributed by atoms with Crippen LogP contribution in [0, 0.1) is 0 Å². The van der Waals surface area contributed by atoms with Crippen molar-refractivity contribution in [2.24, 2.45) is 0 Å². The first-order valence-corrected chi connectivity index (χ1v) is 6.40. The minimum absolute atomic E-state index is 0.0327. The van der Waals surface area contributed by atoms with Crippen molar-refractivity contribution in [3.8, 4) is 11.5 Å². The van der Waals surface area contributed by atoms with Crippen LogP contribution in [0.1, 0.15) is 20.0 Å². The number of carboxylic acid groups (broad SMARTS) is 1. The Morgan fingerprint density at radius 1 is 1.30 bits per heavy atom. The highest BCUT2D eigenvalue weighted by Crippen LogP contribution is 2.30. The molecule has 1 aromatic carbocycles. The molecular weight excluding hydrogens is 282 g/mol. The minimum Gasteiger partial charge on any atom is -0.505 e. The highest BCUT2D eigenvalue weighted by molar-refractivity contribution is 7.12. The van der Waals surface area contributed by atoms with Crippen LogP contribution in [0.15, 0.2) is 29.6 Å². The monoisotopic (exact) mass is 293 g/mol. The lowest BCUT2D eigenvalue weighted by Gasteiger charge is -2.09. The summed E-state index contributed by atoms with van der Waals surface area (Å²) in [6.45, 7) is 0. The van der Waals surface area contributed by atoms with E-state index in [1.165, 1.54) is 36.6 Å². The number of aromatic hydroxyl groups is 1. The molecule has 0 aliphatic heterocycles. The number of phenols is 1. The first-order chi connectivity index (χ1) is 9.54. The Labute approximate surface area is 118 Å². The summed E-state index contributed by atoms with van der Waals surface area (Å²) < 4.78 is 5.03. The first kappa shape index (κ1) is 13.9. The Kier molecular flexibility index (Phi) is 3.90. The van der Waals surface area contributed by atoms with Crippen LogP contribution in [0.4, 0.5) is 5.69 Å². The van der Waals surface area contributed by atoms with Gasteiger partial charge in [0, 0.05) is 0 Å². The number of hydrogen-bond acceptors (Lipinski definition) is 5. The zero-order valence-corrected chi connectivity index (χ0v) is 11.2. The highest BCUT2D eigenvalue weighted by atomic mass is 32.1. The number of carbonyl (C=O) groups is 2. The number of nitrogens with one attached hydrogen (secondary N) is 1. The molecule has 0 bridgehead atoms. The summed E-state index contributed by atoms with van der Waals surface area (Å²) in [6, 6.07) is 5.75. The molecule has 2 aromatic rings. The van der Waals surface area contributed by atoms with Crippen LogP contribution < -0.4 is 10.1 Å². The second-order valence-electron chi connectivity index (χ2n) is 3.78. The zero-order valence-electron chi connectivity index (χ0n) is 10.4. The maximum Gasteiger partial charge on any atom is 0.339 e. The normalized spacial score (nSPS) is 10.1. The molecule has 0 radical (unpaired) electrons. The Morgan fingerprint density at radius 3 is 2.70 bits per heavy atom. The maximum absolute atomic E-state index is 12.0. The SMILES string of the molecule is COc1ccsc1C(=O)Nc1cccc(C(=O)O)c1O. The first-order valence-electron chi connectivity index (χ1n) is 5.52. The van der Waals surface area contributed by atoms with E-state index in [4.69, 9.17) is 9.84 Å². The number of rotatable bonds is 4. The van der Waals surface area contributed by atoms with E-state index in [2.05, 4.69) is 5.32 Å². The van der Waals surface area contributed by atoms with E-state index in [0.29, 0.717) is 10.6 Å². The second kappa shape index (κ2) is 5.62. The Balaban J connectivity index is 2.29. The molecule has 7 heteroatoms. The van der Waals surface area contributed by atoms with Gasteiger partial charge in [-0.15, -0.1) is 11.3 Å². The molecule has 1 heterocycles. The lowest BCUT2D eigenvalue weighted by Crippen LogP contribution is -2.12. The van der Waals surface area contributed by atoms with E-state index >= 15 is 0 Å². The smallest absolute Gasteiger partial charge is 0.339 e. The van der Waals surface area contributed by atoms with Crippen LogP contribution in [0.25, 0.3) is 0 Å². The zero-order chi connectivity index (χ0) is 14.7. The van der Waals surface area contributed by atoms with E-state index in [0.717, 1.165) is 0 Å². The lowest BCUT2D eigenvalue weighted by molar-refractivity contribution is 0.0693. The molecule has 3 N–H and O–H groups in total. The summed E-state index contributed by atoms with van der Waals surface area (Å²) >= 11 is 1.18. The number of anilines is 1. The largest absolute Gasteiger partial charge is 0.505 e. The number of benzene rings is 1. The Bertz CT molecular complexity index is 665. The number of aromatic carboxylic acids is 1. The number of carbonyl (C=O) groups excluding carboxylic acids is 1. The van der Waals surface area contributed by atoms with Gasteiger partial charge in [0.05, 0.1) is 12.8 Å². The minimum atomic E-state index is -1.27. The number of para-hydroxylation sites is 1. The van der Waals surface area contributed by atoms with Crippen molar-refractivity contribution in [3.63, 3.8) is 0 Å². The maximum atomic E-state index is 12.0. The van der Waals surface area contributed by atoms with E-state index < -0.39 is 17.6 Å². The van der Waals surface area contributed by atoms with Gasteiger partial charge in [0.15, 0.2) is 5.75 Å².